The van der Waals surface area contributed by atoms with E-state index in [2.05, 4.69) is 0 Å². The second kappa shape index (κ2) is 9.85. The number of carbonyl (C=O) groups is 3. The second-order valence-electron chi connectivity index (χ2n) is 9.15. The van der Waals surface area contributed by atoms with Gasteiger partial charge < -0.3 is 14.4 Å². The summed E-state index contributed by atoms with van der Waals surface area (Å²) in [7, 11) is 3.15. The van der Waals surface area contributed by atoms with Crippen molar-refractivity contribution < 1.29 is 23.9 Å². The van der Waals surface area contributed by atoms with Crippen molar-refractivity contribution in [2.75, 3.05) is 33.9 Å². The minimum Gasteiger partial charge on any atom is -0.493 e. The average Bonchev–Trinajstić information content (AvgIpc) is 2.92. The van der Waals surface area contributed by atoms with Crippen LogP contribution >= 0.6 is 0 Å². The first-order chi connectivity index (χ1) is 17.5. The number of likely N-dealkylation sites (tertiary alicyclic amines) is 1. The highest BCUT2D eigenvalue weighted by Gasteiger charge is 2.35. The molecule has 0 spiro atoms. The van der Waals surface area contributed by atoms with Gasteiger partial charge in [-0.15, -0.1) is 0 Å². The van der Waals surface area contributed by atoms with Gasteiger partial charge in [-0.3, -0.25) is 19.3 Å². The van der Waals surface area contributed by atoms with E-state index in [1.807, 2.05) is 41.3 Å². The van der Waals surface area contributed by atoms with E-state index in [1.54, 1.807) is 44.6 Å². The Morgan fingerprint density at radius 1 is 0.917 bits per heavy atom. The molecule has 0 N–H and O–H groups in total. The number of hydrogen-bond donors (Lipinski definition) is 0. The first-order valence-electron chi connectivity index (χ1n) is 12.1. The van der Waals surface area contributed by atoms with Gasteiger partial charge in [-0.2, -0.15) is 0 Å². The van der Waals surface area contributed by atoms with Gasteiger partial charge in [-0.25, -0.2) is 0 Å². The van der Waals surface area contributed by atoms with Gasteiger partial charge in [0.2, 0.25) is 5.91 Å². The Morgan fingerprint density at radius 2 is 1.56 bits per heavy atom. The number of rotatable bonds is 6. The smallest absolute Gasteiger partial charge is 0.261 e. The highest BCUT2D eigenvalue weighted by atomic mass is 16.5. The van der Waals surface area contributed by atoms with Crippen molar-refractivity contribution in [1.29, 1.82) is 0 Å². The monoisotopic (exact) mass is 484 g/mol. The molecule has 2 aliphatic rings. The van der Waals surface area contributed by atoms with Gasteiger partial charge in [-0.1, -0.05) is 30.3 Å². The van der Waals surface area contributed by atoms with Crippen molar-refractivity contribution >= 4 is 34.6 Å². The Balaban J connectivity index is 1.21. The molecule has 3 aromatic carbocycles. The highest BCUT2D eigenvalue weighted by molar-refractivity contribution is 6.25. The number of methoxy groups -OCH3 is 2. The van der Waals surface area contributed by atoms with E-state index in [9.17, 15) is 14.4 Å². The van der Waals surface area contributed by atoms with Crippen LogP contribution < -0.4 is 9.47 Å². The summed E-state index contributed by atoms with van der Waals surface area (Å²) in [6, 6.07) is 16.6. The van der Waals surface area contributed by atoms with E-state index in [1.165, 1.54) is 4.90 Å². The molecule has 0 radical (unpaired) electrons. The molecular formula is C29H28N2O5. The fraction of sp³-hybridized carbons (Fsp3) is 0.276. The van der Waals surface area contributed by atoms with Crippen LogP contribution in [0.15, 0.2) is 60.7 Å². The Hall–Kier alpha value is -4.13. The largest absolute Gasteiger partial charge is 0.493 e. The third kappa shape index (κ3) is 4.33. The molecule has 7 nitrogen and oxygen atoms in total. The lowest BCUT2D eigenvalue weighted by molar-refractivity contribution is -0.127. The average molecular weight is 485 g/mol. The van der Waals surface area contributed by atoms with Gasteiger partial charge in [0.1, 0.15) is 0 Å². The summed E-state index contributed by atoms with van der Waals surface area (Å²) in [5.41, 5.74) is 2.00. The summed E-state index contributed by atoms with van der Waals surface area (Å²) in [6.45, 7) is 1.54. The van der Waals surface area contributed by atoms with Gasteiger partial charge in [0.05, 0.1) is 14.2 Å². The molecule has 1 saturated heterocycles. The van der Waals surface area contributed by atoms with Crippen LogP contribution in [0.2, 0.25) is 0 Å². The molecule has 0 bridgehead atoms. The van der Waals surface area contributed by atoms with Crippen LogP contribution in [0.25, 0.3) is 16.8 Å². The number of benzene rings is 3. The predicted molar refractivity (Wildman–Crippen MR) is 137 cm³/mol. The van der Waals surface area contributed by atoms with Crippen LogP contribution in [0.1, 0.15) is 39.1 Å². The molecule has 0 aromatic heterocycles. The van der Waals surface area contributed by atoms with Crippen molar-refractivity contribution in [2.24, 2.45) is 5.92 Å². The molecule has 2 heterocycles. The molecule has 0 saturated carbocycles. The summed E-state index contributed by atoms with van der Waals surface area (Å²) in [5, 5.41) is 1.65. The number of ether oxygens (including phenoxy) is 2. The quantitative estimate of drug-likeness (QED) is 0.383. The maximum Gasteiger partial charge on any atom is 0.261 e. The molecule has 3 aromatic rings. The van der Waals surface area contributed by atoms with E-state index in [0.29, 0.717) is 42.3 Å². The number of imide groups is 1. The molecule has 1 fully saturated rings. The van der Waals surface area contributed by atoms with Crippen molar-refractivity contribution in [2.45, 2.75) is 12.8 Å². The van der Waals surface area contributed by atoms with E-state index in [-0.39, 0.29) is 23.6 Å². The van der Waals surface area contributed by atoms with Crippen molar-refractivity contribution in [3.63, 3.8) is 0 Å². The molecule has 2 aliphatic heterocycles. The third-order valence-corrected chi connectivity index (χ3v) is 7.05. The Morgan fingerprint density at radius 3 is 2.17 bits per heavy atom. The van der Waals surface area contributed by atoms with Crippen LogP contribution in [-0.2, 0) is 4.79 Å². The SMILES string of the molecule is COc1ccc(/C=C/C(=O)N2CCC(CN3C(=O)c4cccc5cccc(c45)C3=O)CC2)cc1OC. The number of carbonyl (C=O) groups excluding carboxylic acids is 3. The van der Waals surface area contributed by atoms with Gasteiger partial charge in [0.15, 0.2) is 11.5 Å². The minimum absolute atomic E-state index is 0.0611. The molecule has 3 amide bonds. The predicted octanol–water partition coefficient (Wildman–Crippen LogP) is 4.41. The normalized spacial score (nSPS) is 16.2. The Bertz CT molecular complexity index is 1320. The number of piperidine rings is 1. The first-order valence-corrected chi connectivity index (χ1v) is 12.1. The summed E-state index contributed by atoms with van der Waals surface area (Å²) in [5.74, 6) is 0.860. The van der Waals surface area contributed by atoms with E-state index >= 15 is 0 Å². The zero-order valence-electron chi connectivity index (χ0n) is 20.4. The first kappa shape index (κ1) is 23.6. The van der Waals surface area contributed by atoms with E-state index < -0.39 is 0 Å². The van der Waals surface area contributed by atoms with Gasteiger partial charge >= 0.3 is 0 Å². The van der Waals surface area contributed by atoms with Crippen LogP contribution in [0.3, 0.4) is 0 Å². The fourth-order valence-corrected chi connectivity index (χ4v) is 5.07. The summed E-state index contributed by atoms with van der Waals surface area (Å²) >= 11 is 0. The Kier molecular flexibility index (Phi) is 6.46. The molecule has 184 valence electrons. The van der Waals surface area contributed by atoms with Crippen LogP contribution in [0.4, 0.5) is 0 Å². The van der Waals surface area contributed by atoms with Gasteiger partial charge in [0.25, 0.3) is 11.8 Å². The maximum absolute atomic E-state index is 13.2. The van der Waals surface area contributed by atoms with Gasteiger partial charge in [-0.05, 0) is 60.1 Å². The lowest BCUT2D eigenvalue weighted by Gasteiger charge is -2.35. The van der Waals surface area contributed by atoms with E-state index in [0.717, 1.165) is 29.2 Å². The van der Waals surface area contributed by atoms with Crippen LogP contribution in [0.5, 0.6) is 11.5 Å². The second-order valence-corrected chi connectivity index (χ2v) is 9.15. The molecule has 0 aliphatic carbocycles. The highest BCUT2D eigenvalue weighted by Crippen LogP contribution is 2.32. The summed E-state index contributed by atoms with van der Waals surface area (Å²) in [6.07, 6.45) is 4.80. The Labute approximate surface area is 209 Å². The number of nitrogens with zero attached hydrogens (tertiary/aromatic N) is 2. The molecule has 0 unspecified atom stereocenters. The lowest BCUT2D eigenvalue weighted by atomic mass is 9.91. The maximum atomic E-state index is 13.2. The van der Waals surface area contributed by atoms with Crippen molar-refractivity contribution in [3.8, 4) is 11.5 Å². The third-order valence-electron chi connectivity index (χ3n) is 7.05. The van der Waals surface area contributed by atoms with Crippen molar-refractivity contribution in [3.05, 3.63) is 77.4 Å². The van der Waals surface area contributed by atoms with Crippen molar-refractivity contribution in [1.82, 2.24) is 9.80 Å². The molecule has 5 rings (SSSR count). The number of hydrogen-bond acceptors (Lipinski definition) is 5. The number of amides is 3. The molecule has 7 heteroatoms. The standard InChI is InChI=1S/C29H28N2O5/c1-35-24-11-9-19(17-25(24)36-2)10-12-26(32)30-15-13-20(14-16-30)18-31-28(33)22-7-3-5-21-6-4-8-23(27(21)22)29(31)34/h3-12,17,20H,13-16,18H2,1-2H3/b12-10+. The lowest BCUT2D eigenvalue weighted by Crippen LogP contribution is -2.46. The molecule has 36 heavy (non-hydrogen) atoms. The fourth-order valence-electron chi connectivity index (χ4n) is 5.07. The molecule has 0 atom stereocenters. The zero-order chi connectivity index (χ0) is 25.2. The van der Waals surface area contributed by atoms with Gasteiger partial charge in [0, 0.05) is 42.2 Å². The molecular weight excluding hydrogens is 456 g/mol. The summed E-state index contributed by atoms with van der Waals surface area (Å²) in [4.78, 5) is 42.3. The zero-order valence-corrected chi connectivity index (χ0v) is 20.4. The van der Waals surface area contributed by atoms with Crippen LogP contribution in [-0.4, -0.2) is 61.4 Å². The van der Waals surface area contributed by atoms with E-state index in [4.69, 9.17) is 9.47 Å². The van der Waals surface area contributed by atoms with Crippen LogP contribution in [0, 0.1) is 5.92 Å². The topological polar surface area (TPSA) is 76.2 Å². The minimum atomic E-state index is -0.236. The summed E-state index contributed by atoms with van der Waals surface area (Å²) < 4.78 is 10.6.